The second-order valence-electron chi connectivity index (χ2n) is 2.88. The molecule has 72 valence electrons. The molecule has 0 atom stereocenters. The summed E-state index contributed by atoms with van der Waals surface area (Å²) in [5.41, 5.74) is 6.17. The zero-order chi connectivity index (χ0) is 10.1. The Bertz CT molecular complexity index is 487. The van der Waals surface area contributed by atoms with E-state index in [1.807, 2.05) is 0 Å². The van der Waals surface area contributed by atoms with Crippen LogP contribution in [0.15, 0.2) is 28.9 Å². The molecule has 1 heterocycles. The topological polar surface area (TPSA) is 65.5 Å². The number of ether oxygens (including phenoxy) is 1. The minimum atomic E-state index is -0.503. The van der Waals surface area contributed by atoms with E-state index in [0.717, 1.165) is 0 Å². The number of furan rings is 1. The summed E-state index contributed by atoms with van der Waals surface area (Å²) in [4.78, 5) is 11.0. The average molecular weight is 191 g/mol. The number of carbonyl (C=O) groups is 1. The summed E-state index contributed by atoms with van der Waals surface area (Å²) in [6, 6.07) is 5.22. The lowest BCUT2D eigenvalue weighted by atomic mass is 10.1. The number of rotatable bonds is 2. The van der Waals surface area contributed by atoms with Crippen LogP contribution in [0.4, 0.5) is 0 Å². The Labute approximate surface area is 80.3 Å². The maximum atomic E-state index is 11.0. The zero-order valence-electron chi connectivity index (χ0n) is 7.61. The van der Waals surface area contributed by atoms with E-state index in [1.165, 1.54) is 6.26 Å². The number of benzene rings is 1. The second kappa shape index (κ2) is 3.06. The highest BCUT2D eigenvalue weighted by atomic mass is 16.5. The molecule has 1 aromatic carbocycles. The minimum Gasteiger partial charge on any atom is -0.497 e. The highest BCUT2D eigenvalue weighted by Gasteiger charge is 2.10. The van der Waals surface area contributed by atoms with Crippen LogP contribution in [-0.2, 0) is 0 Å². The van der Waals surface area contributed by atoms with Crippen LogP contribution >= 0.6 is 0 Å². The maximum absolute atomic E-state index is 11.0. The standard InChI is InChI=1S/C10H9NO3/c1-13-6-2-3-9-7(4-6)8(5-14-9)10(11)12/h2-5H,1H3,(H2,11,12). The molecule has 2 N–H and O–H groups in total. The van der Waals surface area contributed by atoms with Gasteiger partial charge in [0.1, 0.15) is 17.6 Å². The van der Waals surface area contributed by atoms with Crippen molar-refractivity contribution < 1.29 is 13.9 Å². The fourth-order valence-corrected chi connectivity index (χ4v) is 1.33. The smallest absolute Gasteiger partial charge is 0.252 e. The molecule has 0 unspecified atom stereocenters. The van der Waals surface area contributed by atoms with Crippen LogP contribution < -0.4 is 10.5 Å². The van der Waals surface area contributed by atoms with Gasteiger partial charge in [0.25, 0.3) is 5.91 Å². The van der Waals surface area contributed by atoms with Gasteiger partial charge in [-0.05, 0) is 18.2 Å². The minimum absolute atomic E-state index is 0.374. The van der Waals surface area contributed by atoms with E-state index in [-0.39, 0.29) is 0 Å². The molecule has 1 aromatic heterocycles. The number of amides is 1. The van der Waals surface area contributed by atoms with Crippen molar-refractivity contribution in [2.24, 2.45) is 5.73 Å². The highest BCUT2D eigenvalue weighted by Crippen LogP contribution is 2.25. The lowest BCUT2D eigenvalue weighted by Crippen LogP contribution is -2.09. The molecule has 0 aliphatic rings. The molecule has 0 bridgehead atoms. The third-order valence-corrected chi connectivity index (χ3v) is 2.05. The molecule has 1 amide bonds. The number of hydrogen-bond donors (Lipinski definition) is 1. The molecule has 0 saturated heterocycles. The SMILES string of the molecule is COc1ccc2occ(C(N)=O)c2c1. The fourth-order valence-electron chi connectivity index (χ4n) is 1.33. The first-order chi connectivity index (χ1) is 6.72. The summed E-state index contributed by atoms with van der Waals surface area (Å²) in [7, 11) is 1.56. The predicted molar refractivity (Wildman–Crippen MR) is 51.3 cm³/mol. The van der Waals surface area contributed by atoms with Gasteiger partial charge in [0, 0.05) is 5.39 Å². The van der Waals surface area contributed by atoms with Crippen LogP contribution in [0.2, 0.25) is 0 Å². The summed E-state index contributed by atoms with van der Waals surface area (Å²) in [6.45, 7) is 0. The molecule has 0 fully saturated rings. The normalized spacial score (nSPS) is 10.4. The molecule has 0 radical (unpaired) electrons. The van der Waals surface area contributed by atoms with Gasteiger partial charge in [-0.3, -0.25) is 4.79 Å². The lowest BCUT2D eigenvalue weighted by molar-refractivity contribution is 0.100. The van der Waals surface area contributed by atoms with Gasteiger partial charge in [-0.15, -0.1) is 0 Å². The van der Waals surface area contributed by atoms with Crippen LogP contribution in [0, 0.1) is 0 Å². The van der Waals surface area contributed by atoms with Crippen LogP contribution in [0.25, 0.3) is 11.0 Å². The molecule has 0 aliphatic carbocycles. The van der Waals surface area contributed by atoms with Gasteiger partial charge in [-0.25, -0.2) is 0 Å². The summed E-state index contributed by atoms with van der Waals surface area (Å²) in [6.07, 6.45) is 1.35. The fraction of sp³-hybridized carbons (Fsp3) is 0.100. The summed E-state index contributed by atoms with van der Waals surface area (Å²) >= 11 is 0. The van der Waals surface area contributed by atoms with Gasteiger partial charge in [0.2, 0.25) is 0 Å². The molecule has 0 saturated carbocycles. The zero-order valence-corrected chi connectivity index (χ0v) is 7.61. The number of carbonyl (C=O) groups excluding carboxylic acids is 1. The van der Waals surface area contributed by atoms with E-state index < -0.39 is 5.91 Å². The molecule has 4 nitrogen and oxygen atoms in total. The van der Waals surface area contributed by atoms with Crippen molar-refractivity contribution in [1.29, 1.82) is 0 Å². The van der Waals surface area contributed by atoms with Crippen molar-refractivity contribution in [1.82, 2.24) is 0 Å². The van der Waals surface area contributed by atoms with E-state index in [2.05, 4.69) is 0 Å². The van der Waals surface area contributed by atoms with Crippen molar-refractivity contribution in [3.05, 3.63) is 30.0 Å². The quantitative estimate of drug-likeness (QED) is 0.782. The van der Waals surface area contributed by atoms with Crippen molar-refractivity contribution in [2.75, 3.05) is 7.11 Å². The molecular formula is C10H9NO3. The first-order valence-electron chi connectivity index (χ1n) is 4.07. The molecule has 2 aromatic rings. The molecule has 4 heteroatoms. The van der Waals surface area contributed by atoms with Crippen LogP contribution in [0.3, 0.4) is 0 Å². The van der Waals surface area contributed by atoms with Gasteiger partial charge in [-0.2, -0.15) is 0 Å². The molecule has 0 spiro atoms. The monoisotopic (exact) mass is 191 g/mol. The van der Waals surface area contributed by atoms with Crippen LogP contribution in [-0.4, -0.2) is 13.0 Å². The molecule has 14 heavy (non-hydrogen) atoms. The van der Waals surface area contributed by atoms with Gasteiger partial charge in [0.05, 0.1) is 12.7 Å². The van der Waals surface area contributed by atoms with E-state index in [9.17, 15) is 4.79 Å². The van der Waals surface area contributed by atoms with Crippen LogP contribution in [0.5, 0.6) is 5.75 Å². The van der Waals surface area contributed by atoms with Gasteiger partial charge >= 0.3 is 0 Å². The van der Waals surface area contributed by atoms with E-state index in [1.54, 1.807) is 25.3 Å². The third kappa shape index (κ3) is 1.21. The Balaban J connectivity index is 2.69. The van der Waals surface area contributed by atoms with Crippen molar-refractivity contribution in [3.63, 3.8) is 0 Å². The largest absolute Gasteiger partial charge is 0.497 e. The first kappa shape index (κ1) is 8.62. The van der Waals surface area contributed by atoms with E-state index in [4.69, 9.17) is 14.9 Å². The van der Waals surface area contributed by atoms with E-state index >= 15 is 0 Å². The summed E-state index contributed by atoms with van der Waals surface area (Å²) in [5, 5.41) is 0.678. The Morgan fingerprint density at radius 1 is 1.50 bits per heavy atom. The van der Waals surface area contributed by atoms with E-state index in [0.29, 0.717) is 22.3 Å². The third-order valence-electron chi connectivity index (χ3n) is 2.05. The van der Waals surface area contributed by atoms with Crippen molar-refractivity contribution in [3.8, 4) is 5.75 Å². The predicted octanol–water partition coefficient (Wildman–Crippen LogP) is 1.54. The molecule has 0 aliphatic heterocycles. The maximum Gasteiger partial charge on any atom is 0.252 e. The number of nitrogens with two attached hydrogens (primary N) is 1. The summed E-state index contributed by atoms with van der Waals surface area (Å²) < 4.78 is 10.2. The average Bonchev–Trinajstić information content (AvgIpc) is 2.59. The second-order valence-corrected chi connectivity index (χ2v) is 2.88. The van der Waals surface area contributed by atoms with Gasteiger partial charge < -0.3 is 14.9 Å². The Kier molecular flexibility index (Phi) is 1.89. The van der Waals surface area contributed by atoms with Gasteiger partial charge in [0.15, 0.2) is 0 Å². The lowest BCUT2D eigenvalue weighted by Gasteiger charge is -1.98. The van der Waals surface area contributed by atoms with Crippen molar-refractivity contribution >= 4 is 16.9 Å². The summed E-state index contributed by atoms with van der Waals surface area (Å²) in [5.74, 6) is 0.165. The Hall–Kier alpha value is -1.97. The Morgan fingerprint density at radius 3 is 2.93 bits per heavy atom. The number of primary amides is 1. The number of fused-ring (bicyclic) bond motifs is 1. The molecular weight excluding hydrogens is 182 g/mol. The number of hydrogen-bond acceptors (Lipinski definition) is 3. The van der Waals surface area contributed by atoms with Crippen molar-refractivity contribution in [2.45, 2.75) is 0 Å². The van der Waals surface area contributed by atoms with Gasteiger partial charge in [-0.1, -0.05) is 0 Å². The first-order valence-corrected chi connectivity index (χ1v) is 4.07. The molecule has 2 rings (SSSR count). The van der Waals surface area contributed by atoms with Crippen LogP contribution in [0.1, 0.15) is 10.4 Å². The number of methoxy groups -OCH3 is 1. The highest BCUT2D eigenvalue weighted by molar-refractivity contribution is 6.05. The Morgan fingerprint density at radius 2 is 2.29 bits per heavy atom.